The van der Waals surface area contributed by atoms with Gasteiger partial charge in [-0.25, -0.2) is 0 Å². The van der Waals surface area contributed by atoms with Gasteiger partial charge in [-0.15, -0.1) is 11.8 Å². The number of hydrogen-bond donors (Lipinski definition) is 1. The van der Waals surface area contributed by atoms with Gasteiger partial charge in [-0.05, 0) is 23.8 Å². The minimum absolute atomic E-state index is 0.00764. The minimum atomic E-state index is -0.00764. The van der Waals surface area contributed by atoms with Gasteiger partial charge in [-0.1, -0.05) is 48.2 Å². The van der Waals surface area contributed by atoms with Crippen LogP contribution in [0.3, 0.4) is 0 Å². The first-order chi connectivity index (χ1) is 13.3. The molecule has 0 atom stereocenters. The van der Waals surface area contributed by atoms with Gasteiger partial charge in [0.2, 0.25) is 5.91 Å². The van der Waals surface area contributed by atoms with E-state index in [2.05, 4.69) is 34.3 Å². The van der Waals surface area contributed by atoms with Crippen molar-refractivity contribution in [1.82, 2.24) is 10.3 Å². The maximum atomic E-state index is 11.8. The van der Waals surface area contributed by atoms with E-state index in [1.807, 2.05) is 48.5 Å². The fraction of sp³-hybridized carbons (Fsp3) is 0.182. The third-order valence-electron chi connectivity index (χ3n) is 3.73. The van der Waals surface area contributed by atoms with Crippen LogP contribution in [0.2, 0.25) is 0 Å². The van der Waals surface area contributed by atoms with Crippen molar-refractivity contribution >= 4 is 28.6 Å². The Morgan fingerprint density at radius 2 is 1.96 bits per heavy atom. The monoisotopic (exact) mass is 376 g/mol. The van der Waals surface area contributed by atoms with Gasteiger partial charge in [0, 0.05) is 23.4 Å². The van der Waals surface area contributed by atoms with Crippen LogP contribution in [0.1, 0.15) is 5.56 Å². The molecule has 0 aliphatic carbocycles. The number of pyridine rings is 1. The summed E-state index contributed by atoms with van der Waals surface area (Å²) in [5.74, 6) is 7.79. The van der Waals surface area contributed by atoms with Crippen molar-refractivity contribution in [3.8, 4) is 17.6 Å². The number of carbonyl (C=O) groups is 1. The Hall–Kier alpha value is -2.97. The zero-order valence-electron chi connectivity index (χ0n) is 14.9. The fourth-order valence-corrected chi connectivity index (χ4v) is 3.22. The first-order valence-electron chi connectivity index (χ1n) is 8.63. The third-order valence-corrected chi connectivity index (χ3v) is 4.74. The molecule has 1 heterocycles. The number of thioether (sulfide) groups is 1. The van der Waals surface area contributed by atoms with Crippen LogP contribution in [0.25, 0.3) is 10.9 Å². The zero-order valence-corrected chi connectivity index (χ0v) is 15.7. The van der Waals surface area contributed by atoms with Gasteiger partial charge in [0.1, 0.15) is 12.4 Å². The first kappa shape index (κ1) is 18.8. The molecule has 0 radical (unpaired) electrons. The van der Waals surface area contributed by atoms with E-state index >= 15 is 0 Å². The van der Waals surface area contributed by atoms with Crippen LogP contribution in [-0.4, -0.2) is 29.8 Å². The predicted octanol–water partition coefficient (Wildman–Crippen LogP) is 3.67. The quantitative estimate of drug-likeness (QED) is 0.640. The molecule has 27 heavy (non-hydrogen) atoms. The summed E-state index contributed by atoms with van der Waals surface area (Å²) in [4.78, 5) is 16.1. The number of carbonyl (C=O) groups excluding carboxylic acids is 1. The number of benzene rings is 2. The van der Waals surface area contributed by atoms with Gasteiger partial charge in [-0.2, -0.15) is 0 Å². The molecule has 4 nitrogen and oxygen atoms in total. The van der Waals surface area contributed by atoms with Gasteiger partial charge >= 0.3 is 0 Å². The Bertz CT molecular complexity index is 948. The number of rotatable bonds is 7. The van der Waals surface area contributed by atoms with Crippen molar-refractivity contribution < 1.29 is 9.53 Å². The lowest BCUT2D eigenvalue weighted by atomic mass is 10.2. The molecule has 2 aromatic carbocycles. The third kappa shape index (κ3) is 6.36. The lowest BCUT2D eigenvalue weighted by molar-refractivity contribution is -0.118. The Balaban J connectivity index is 1.32. The molecule has 3 rings (SSSR count). The summed E-state index contributed by atoms with van der Waals surface area (Å²) in [6.07, 6.45) is 1.76. The van der Waals surface area contributed by atoms with Gasteiger partial charge in [0.15, 0.2) is 0 Å². The van der Waals surface area contributed by atoms with Gasteiger partial charge in [-0.3, -0.25) is 9.78 Å². The standard InChI is InChI=1S/C22H20N2O2S/c25-22(17-27-16-18-7-2-1-3-8-18)24-12-4-5-14-26-20-11-10-19-9-6-13-23-21(19)15-20/h1-3,6-11,13,15H,12,14,16-17H2,(H,24,25). The van der Waals surface area contributed by atoms with Crippen LogP contribution in [0, 0.1) is 11.8 Å². The number of hydrogen-bond acceptors (Lipinski definition) is 4. The van der Waals surface area contributed by atoms with Crippen LogP contribution < -0.4 is 10.1 Å². The highest BCUT2D eigenvalue weighted by Crippen LogP contribution is 2.18. The molecule has 1 amide bonds. The highest BCUT2D eigenvalue weighted by atomic mass is 32.2. The summed E-state index contributed by atoms with van der Waals surface area (Å²) in [6, 6.07) is 19.8. The van der Waals surface area contributed by atoms with Crippen LogP contribution in [-0.2, 0) is 10.5 Å². The van der Waals surface area contributed by atoms with E-state index in [0.29, 0.717) is 12.3 Å². The summed E-state index contributed by atoms with van der Waals surface area (Å²) in [5, 5.41) is 3.87. The van der Waals surface area contributed by atoms with Crippen molar-refractivity contribution in [3.05, 3.63) is 72.4 Å². The molecule has 1 aromatic heterocycles. The lowest BCUT2D eigenvalue weighted by Gasteiger charge is -2.03. The van der Waals surface area contributed by atoms with Crippen LogP contribution in [0.15, 0.2) is 66.9 Å². The molecule has 0 bridgehead atoms. The molecule has 0 saturated carbocycles. The second-order valence-electron chi connectivity index (χ2n) is 5.76. The van der Waals surface area contributed by atoms with Crippen LogP contribution >= 0.6 is 11.8 Å². The van der Waals surface area contributed by atoms with E-state index in [9.17, 15) is 4.79 Å². The van der Waals surface area contributed by atoms with Gasteiger partial charge < -0.3 is 10.1 Å². The molecule has 0 saturated heterocycles. The number of fused-ring (bicyclic) bond motifs is 1. The van der Waals surface area contributed by atoms with Crippen molar-refractivity contribution in [2.45, 2.75) is 5.75 Å². The molecule has 0 fully saturated rings. The number of nitrogens with one attached hydrogen (secondary N) is 1. The summed E-state index contributed by atoms with van der Waals surface area (Å²) in [7, 11) is 0. The van der Waals surface area contributed by atoms with Crippen molar-refractivity contribution in [3.63, 3.8) is 0 Å². The molecular weight excluding hydrogens is 356 g/mol. The molecule has 136 valence electrons. The molecule has 0 unspecified atom stereocenters. The van der Waals surface area contributed by atoms with Crippen molar-refractivity contribution in [1.29, 1.82) is 0 Å². The summed E-state index contributed by atoms with van der Waals surface area (Å²) in [5.41, 5.74) is 2.11. The van der Waals surface area contributed by atoms with Crippen molar-refractivity contribution in [2.75, 3.05) is 18.9 Å². The largest absolute Gasteiger partial charge is 0.481 e. The summed E-state index contributed by atoms with van der Waals surface area (Å²) >= 11 is 1.59. The van der Waals surface area contributed by atoms with E-state index in [4.69, 9.17) is 4.74 Å². The van der Waals surface area contributed by atoms with E-state index in [0.717, 1.165) is 22.4 Å². The van der Waals surface area contributed by atoms with Gasteiger partial charge in [0.25, 0.3) is 0 Å². The van der Waals surface area contributed by atoms with E-state index in [-0.39, 0.29) is 12.5 Å². The normalized spacial score (nSPS) is 10.1. The Morgan fingerprint density at radius 3 is 2.85 bits per heavy atom. The van der Waals surface area contributed by atoms with Crippen LogP contribution in [0.4, 0.5) is 0 Å². The van der Waals surface area contributed by atoms with Crippen molar-refractivity contribution in [2.24, 2.45) is 0 Å². The van der Waals surface area contributed by atoms with Gasteiger partial charge in [0.05, 0.1) is 17.8 Å². The Kier molecular flexibility index (Phi) is 7.14. The average Bonchev–Trinajstić information content (AvgIpc) is 2.71. The zero-order chi connectivity index (χ0) is 18.7. The Labute approximate surface area is 163 Å². The molecule has 1 N–H and O–H groups in total. The maximum Gasteiger partial charge on any atom is 0.230 e. The Morgan fingerprint density at radius 1 is 1.07 bits per heavy atom. The number of nitrogens with zero attached hydrogens (tertiary/aromatic N) is 1. The average molecular weight is 376 g/mol. The predicted molar refractivity (Wildman–Crippen MR) is 111 cm³/mol. The second kappa shape index (κ2) is 10.2. The molecule has 0 aliphatic rings. The van der Waals surface area contributed by atoms with E-state index in [1.165, 1.54) is 5.56 Å². The lowest BCUT2D eigenvalue weighted by Crippen LogP contribution is -2.25. The minimum Gasteiger partial charge on any atom is -0.481 e. The first-order valence-corrected chi connectivity index (χ1v) is 9.78. The van der Waals surface area contributed by atoms with Crippen LogP contribution in [0.5, 0.6) is 5.75 Å². The summed E-state index contributed by atoms with van der Waals surface area (Å²) in [6.45, 7) is 0.602. The number of ether oxygens (including phenoxy) is 1. The fourth-order valence-electron chi connectivity index (χ4n) is 2.40. The topological polar surface area (TPSA) is 51.2 Å². The smallest absolute Gasteiger partial charge is 0.230 e. The molecule has 5 heteroatoms. The molecule has 3 aromatic rings. The maximum absolute atomic E-state index is 11.8. The molecule has 0 aliphatic heterocycles. The van der Waals surface area contributed by atoms with E-state index < -0.39 is 0 Å². The highest BCUT2D eigenvalue weighted by molar-refractivity contribution is 7.99. The number of aromatic nitrogens is 1. The summed E-state index contributed by atoms with van der Waals surface area (Å²) < 4.78 is 5.60. The molecular formula is C22H20N2O2S. The second-order valence-corrected chi connectivity index (χ2v) is 6.74. The number of amides is 1. The molecule has 0 spiro atoms. The SMILES string of the molecule is O=C(CSCc1ccccc1)NCC#CCOc1ccc2cccnc2c1. The highest BCUT2D eigenvalue weighted by Gasteiger charge is 2.00. The van der Waals surface area contributed by atoms with E-state index in [1.54, 1.807) is 18.0 Å².